The summed E-state index contributed by atoms with van der Waals surface area (Å²) in [5.41, 5.74) is 0. The van der Waals surface area contributed by atoms with Gasteiger partial charge in [-0.25, -0.2) is 13.1 Å². The molecule has 0 fully saturated rings. The molecule has 0 spiro atoms. The molecule has 0 amide bonds. The number of rotatable bonds is 7. The normalized spacial score (nSPS) is 16.4. The van der Waals surface area contributed by atoms with Crippen LogP contribution in [0.2, 0.25) is 0 Å². The summed E-state index contributed by atoms with van der Waals surface area (Å²) in [7, 11) is -3.55. The van der Waals surface area contributed by atoms with Crippen LogP contribution in [-0.2, 0) is 16.6 Å². The average Bonchev–Trinajstić information content (AvgIpc) is 2.99. The van der Waals surface area contributed by atoms with Gasteiger partial charge in [-0.1, -0.05) is 26.0 Å². The van der Waals surface area contributed by atoms with Crippen molar-refractivity contribution in [1.29, 1.82) is 0 Å². The van der Waals surface area contributed by atoms with Crippen LogP contribution in [0.5, 0.6) is 0 Å². The Morgan fingerprint density at radius 3 is 2.65 bits per heavy atom. The third-order valence-corrected chi connectivity index (χ3v) is 4.48. The van der Waals surface area contributed by atoms with E-state index < -0.39 is 10.0 Å². The van der Waals surface area contributed by atoms with Gasteiger partial charge < -0.3 is 9.73 Å². The van der Waals surface area contributed by atoms with E-state index in [2.05, 4.69) is 23.9 Å². The topological polar surface area (TPSA) is 71.3 Å². The van der Waals surface area contributed by atoms with E-state index in [1.165, 1.54) is 6.07 Å². The molecule has 112 valence electrons. The van der Waals surface area contributed by atoms with Crippen molar-refractivity contribution in [3.8, 4) is 0 Å². The first-order valence-electron chi connectivity index (χ1n) is 6.94. The summed E-state index contributed by atoms with van der Waals surface area (Å²) in [4.78, 5) is 0. The maximum Gasteiger partial charge on any atom is 0.274 e. The Morgan fingerprint density at radius 1 is 1.30 bits per heavy atom. The van der Waals surface area contributed by atoms with Crippen molar-refractivity contribution in [2.75, 3.05) is 6.54 Å². The maximum absolute atomic E-state index is 12.1. The molecule has 1 aliphatic carbocycles. The Bertz CT molecular complexity index is 553. The van der Waals surface area contributed by atoms with Gasteiger partial charge in [-0.05, 0) is 37.4 Å². The molecule has 1 aliphatic rings. The number of hydrogen-bond acceptors (Lipinski definition) is 4. The van der Waals surface area contributed by atoms with Crippen LogP contribution in [0.15, 0.2) is 33.8 Å². The molecule has 1 aromatic rings. The van der Waals surface area contributed by atoms with E-state index in [0.717, 1.165) is 19.4 Å². The van der Waals surface area contributed by atoms with Gasteiger partial charge in [-0.2, -0.15) is 0 Å². The minimum atomic E-state index is -3.55. The Morgan fingerprint density at radius 2 is 2.00 bits per heavy atom. The summed E-state index contributed by atoms with van der Waals surface area (Å²) in [6.07, 6.45) is 5.44. The molecule has 0 bridgehead atoms. The molecule has 5 nitrogen and oxygen atoms in total. The lowest BCUT2D eigenvalue weighted by Gasteiger charge is -2.10. The summed E-state index contributed by atoms with van der Waals surface area (Å²) in [6.45, 7) is 5.64. The van der Waals surface area contributed by atoms with Gasteiger partial charge in [0.25, 0.3) is 10.0 Å². The third-order valence-electron chi connectivity index (χ3n) is 3.08. The first kappa shape index (κ1) is 15.3. The zero-order valence-electron chi connectivity index (χ0n) is 11.9. The smallest absolute Gasteiger partial charge is 0.274 e. The van der Waals surface area contributed by atoms with E-state index in [1.54, 1.807) is 6.07 Å². The minimum Gasteiger partial charge on any atom is -0.447 e. The number of nitrogens with one attached hydrogen (secondary N) is 2. The molecule has 0 unspecified atom stereocenters. The van der Waals surface area contributed by atoms with Crippen LogP contribution >= 0.6 is 0 Å². The zero-order chi connectivity index (χ0) is 14.6. The molecule has 0 saturated heterocycles. The molecule has 1 aromatic heterocycles. The molecular weight excluding hydrogens is 276 g/mol. The van der Waals surface area contributed by atoms with Crippen LogP contribution in [0.25, 0.3) is 0 Å². The number of hydrogen-bond donors (Lipinski definition) is 2. The van der Waals surface area contributed by atoms with E-state index in [1.807, 2.05) is 12.2 Å². The van der Waals surface area contributed by atoms with Gasteiger partial charge >= 0.3 is 0 Å². The van der Waals surface area contributed by atoms with Crippen molar-refractivity contribution >= 4 is 10.0 Å². The Hall–Kier alpha value is -1.11. The van der Waals surface area contributed by atoms with E-state index >= 15 is 0 Å². The summed E-state index contributed by atoms with van der Waals surface area (Å²) >= 11 is 0. The maximum atomic E-state index is 12.1. The third kappa shape index (κ3) is 4.19. The highest BCUT2D eigenvalue weighted by molar-refractivity contribution is 7.89. The van der Waals surface area contributed by atoms with Crippen molar-refractivity contribution in [2.45, 2.75) is 44.4 Å². The van der Waals surface area contributed by atoms with Gasteiger partial charge in [-0.3, -0.25) is 0 Å². The van der Waals surface area contributed by atoms with Crippen molar-refractivity contribution in [1.82, 2.24) is 10.0 Å². The van der Waals surface area contributed by atoms with E-state index in [4.69, 9.17) is 4.42 Å². The Balaban J connectivity index is 1.93. The lowest BCUT2D eigenvalue weighted by molar-refractivity contribution is 0.393. The zero-order valence-corrected chi connectivity index (χ0v) is 12.7. The van der Waals surface area contributed by atoms with E-state index in [0.29, 0.717) is 18.2 Å². The summed E-state index contributed by atoms with van der Waals surface area (Å²) < 4.78 is 32.3. The molecule has 0 aliphatic heterocycles. The van der Waals surface area contributed by atoms with Gasteiger partial charge in [0.2, 0.25) is 5.09 Å². The Labute approximate surface area is 120 Å². The quantitative estimate of drug-likeness (QED) is 0.756. The lowest BCUT2D eigenvalue weighted by Crippen LogP contribution is -2.32. The molecule has 0 saturated carbocycles. The van der Waals surface area contributed by atoms with Crippen molar-refractivity contribution in [3.63, 3.8) is 0 Å². The Kier molecular flexibility index (Phi) is 5.01. The first-order valence-corrected chi connectivity index (χ1v) is 8.42. The van der Waals surface area contributed by atoms with Gasteiger partial charge in [0.15, 0.2) is 0 Å². The van der Waals surface area contributed by atoms with Crippen molar-refractivity contribution in [3.05, 3.63) is 30.0 Å². The monoisotopic (exact) mass is 298 g/mol. The highest BCUT2D eigenvalue weighted by atomic mass is 32.2. The van der Waals surface area contributed by atoms with Crippen molar-refractivity contribution in [2.24, 2.45) is 5.92 Å². The fraction of sp³-hybridized carbons (Fsp3) is 0.571. The highest BCUT2D eigenvalue weighted by Crippen LogP contribution is 2.17. The molecule has 2 rings (SSSR count). The molecular formula is C14H22N2O3S. The molecule has 1 heterocycles. The highest BCUT2D eigenvalue weighted by Gasteiger charge is 2.23. The SMILES string of the molecule is CC(C)CNCc1ccc(S(=O)(=O)NC2CC=CC2)o1. The van der Waals surface area contributed by atoms with Crippen LogP contribution in [0.1, 0.15) is 32.4 Å². The predicted octanol–water partition coefficient (Wildman–Crippen LogP) is 2.02. The van der Waals surface area contributed by atoms with E-state index in [-0.39, 0.29) is 11.1 Å². The fourth-order valence-corrected chi connectivity index (χ4v) is 3.28. The second kappa shape index (κ2) is 6.56. The molecule has 20 heavy (non-hydrogen) atoms. The second-order valence-electron chi connectivity index (χ2n) is 5.51. The molecule has 0 radical (unpaired) electrons. The summed E-state index contributed by atoms with van der Waals surface area (Å²) in [5, 5.41) is 3.21. The predicted molar refractivity (Wildman–Crippen MR) is 77.7 cm³/mol. The van der Waals surface area contributed by atoms with Crippen LogP contribution in [0.3, 0.4) is 0 Å². The molecule has 0 aromatic carbocycles. The molecule has 0 atom stereocenters. The first-order chi connectivity index (χ1) is 9.47. The number of sulfonamides is 1. The summed E-state index contributed by atoms with van der Waals surface area (Å²) in [6, 6.07) is 3.17. The average molecular weight is 298 g/mol. The lowest BCUT2D eigenvalue weighted by atomic mass is 10.2. The largest absolute Gasteiger partial charge is 0.447 e. The van der Waals surface area contributed by atoms with Crippen LogP contribution in [0, 0.1) is 5.92 Å². The standard InChI is InChI=1S/C14H22N2O3S/c1-11(2)9-15-10-13-7-8-14(19-13)20(17,18)16-12-5-3-4-6-12/h3-4,7-8,11-12,15-16H,5-6,9-10H2,1-2H3. The van der Waals surface area contributed by atoms with Gasteiger partial charge in [0.05, 0.1) is 6.54 Å². The van der Waals surface area contributed by atoms with Crippen LogP contribution < -0.4 is 10.0 Å². The molecule has 2 N–H and O–H groups in total. The minimum absolute atomic E-state index is 0.00857. The van der Waals surface area contributed by atoms with Gasteiger partial charge in [-0.15, -0.1) is 0 Å². The summed E-state index contributed by atoms with van der Waals surface area (Å²) in [5.74, 6) is 1.18. The van der Waals surface area contributed by atoms with Crippen molar-refractivity contribution < 1.29 is 12.8 Å². The van der Waals surface area contributed by atoms with Gasteiger partial charge in [0, 0.05) is 6.04 Å². The number of furan rings is 1. The van der Waals surface area contributed by atoms with E-state index in [9.17, 15) is 8.42 Å². The van der Waals surface area contributed by atoms with Crippen LogP contribution in [0.4, 0.5) is 0 Å². The fourth-order valence-electron chi connectivity index (χ4n) is 2.07. The molecule has 6 heteroatoms. The van der Waals surface area contributed by atoms with Gasteiger partial charge in [0.1, 0.15) is 5.76 Å². The second-order valence-corrected chi connectivity index (χ2v) is 7.15. The van der Waals surface area contributed by atoms with Crippen LogP contribution in [-0.4, -0.2) is 21.0 Å².